The molecule has 94 valence electrons. The largest absolute Gasteiger partial charge is 0.352 e. The van der Waals surface area contributed by atoms with Gasteiger partial charge >= 0.3 is 0 Å². The van der Waals surface area contributed by atoms with Crippen LogP contribution in [0, 0.1) is 11.8 Å². The summed E-state index contributed by atoms with van der Waals surface area (Å²) in [6.07, 6.45) is 1.18. The van der Waals surface area contributed by atoms with E-state index in [9.17, 15) is 13.2 Å². The average molecular weight is 248 g/mol. The summed E-state index contributed by atoms with van der Waals surface area (Å²) < 4.78 is 22.1. The van der Waals surface area contributed by atoms with Crippen LogP contribution < -0.4 is 10.6 Å². The first-order valence-electron chi connectivity index (χ1n) is 5.48. The van der Waals surface area contributed by atoms with E-state index in [2.05, 4.69) is 10.6 Å². The normalized spacial score (nSPS) is 20.9. The highest BCUT2D eigenvalue weighted by Crippen LogP contribution is 2.15. The van der Waals surface area contributed by atoms with Gasteiger partial charge in [-0.1, -0.05) is 6.92 Å². The van der Waals surface area contributed by atoms with Gasteiger partial charge in [0.05, 0.1) is 5.75 Å². The zero-order valence-corrected chi connectivity index (χ0v) is 10.8. The van der Waals surface area contributed by atoms with E-state index in [1.807, 2.05) is 6.92 Å². The Labute approximate surface area is 96.9 Å². The molecule has 0 saturated carbocycles. The Morgan fingerprint density at radius 3 is 2.38 bits per heavy atom. The average Bonchev–Trinajstić information content (AvgIpc) is 1.96. The Balaban J connectivity index is 2.38. The lowest BCUT2D eigenvalue weighted by Gasteiger charge is -2.32. The fourth-order valence-electron chi connectivity index (χ4n) is 1.75. The third-order valence-corrected chi connectivity index (χ3v) is 3.98. The van der Waals surface area contributed by atoms with Gasteiger partial charge < -0.3 is 10.6 Å². The minimum absolute atomic E-state index is 0.00558. The molecular weight excluding hydrogens is 228 g/mol. The van der Waals surface area contributed by atoms with Crippen LogP contribution in [0.25, 0.3) is 0 Å². The van der Waals surface area contributed by atoms with Crippen LogP contribution in [0.1, 0.15) is 13.8 Å². The molecule has 0 aromatic rings. The number of nitrogens with one attached hydrogen (secondary N) is 2. The van der Waals surface area contributed by atoms with E-state index in [1.54, 1.807) is 6.92 Å². The van der Waals surface area contributed by atoms with Crippen molar-refractivity contribution < 1.29 is 13.2 Å². The highest BCUT2D eigenvalue weighted by atomic mass is 32.2. The smallest absolute Gasteiger partial charge is 0.223 e. The molecule has 2 N–H and O–H groups in total. The summed E-state index contributed by atoms with van der Waals surface area (Å²) in [5.74, 6) is 0.269. The van der Waals surface area contributed by atoms with Gasteiger partial charge in [-0.2, -0.15) is 0 Å². The molecule has 1 rings (SSSR count). The van der Waals surface area contributed by atoms with Crippen molar-refractivity contribution in [2.24, 2.45) is 11.8 Å². The first kappa shape index (κ1) is 13.4. The lowest BCUT2D eigenvalue weighted by atomic mass is 9.88. The maximum absolute atomic E-state index is 11.7. The molecule has 0 aliphatic carbocycles. The van der Waals surface area contributed by atoms with Crippen molar-refractivity contribution in [3.8, 4) is 0 Å². The molecule has 1 amide bonds. The lowest BCUT2D eigenvalue weighted by Crippen LogP contribution is -2.51. The van der Waals surface area contributed by atoms with E-state index < -0.39 is 9.84 Å². The maximum atomic E-state index is 11.7. The van der Waals surface area contributed by atoms with E-state index in [-0.39, 0.29) is 23.6 Å². The molecule has 5 nitrogen and oxygen atoms in total. The van der Waals surface area contributed by atoms with E-state index in [4.69, 9.17) is 0 Å². The zero-order chi connectivity index (χ0) is 12.3. The van der Waals surface area contributed by atoms with Gasteiger partial charge in [0.15, 0.2) is 0 Å². The number of amides is 1. The van der Waals surface area contributed by atoms with Gasteiger partial charge in [-0.05, 0) is 25.9 Å². The third kappa shape index (κ3) is 4.09. The molecule has 1 saturated heterocycles. The van der Waals surface area contributed by atoms with Crippen LogP contribution in [0.5, 0.6) is 0 Å². The van der Waals surface area contributed by atoms with Gasteiger partial charge in [0.1, 0.15) is 9.84 Å². The summed E-state index contributed by atoms with van der Waals surface area (Å²) in [5.41, 5.74) is 0. The number of hydrogen-bond donors (Lipinski definition) is 2. The number of carbonyl (C=O) groups is 1. The van der Waals surface area contributed by atoms with Gasteiger partial charge in [0.25, 0.3) is 0 Å². The van der Waals surface area contributed by atoms with Crippen molar-refractivity contribution in [3.63, 3.8) is 0 Å². The minimum Gasteiger partial charge on any atom is -0.352 e. The Kier molecular flexibility index (Phi) is 4.32. The van der Waals surface area contributed by atoms with Crippen LogP contribution in [-0.4, -0.2) is 45.5 Å². The predicted octanol–water partition coefficient (Wildman–Crippen LogP) is -0.609. The molecule has 16 heavy (non-hydrogen) atoms. The molecule has 0 spiro atoms. The fraction of sp³-hybridized carbons (Fsp3) is 0.900. The quantitative estimate of drug-likeness (QED) is 0.681. The molecule has 6 heteroatoms. The first-order valence-corrected chi connectivity index (χ1v) is 7.54. The van der Waals surface area contributed by atoms with Crippen molar-refractivity contribution in [3.05, 3.63) is 0 Å². The minimum atomic E-state index is -3.03. The molecule has 0 radical (unpaired) electrons. The number of carbonyl (C=O) groups excluding carboxylic acids is 1. The number of hydrogen-bond acceptors (Lipinski definition) is 4. The second-order valence-corrected chi connectivity index (χ2v) is 6.89. The Bertz CT molecular complexity index is 349. The highest BCUT2D eigenvalue weighted by molar-refractivity contribution is 7.90. The Morgan fingerprint density at radius 2 is 2.00 bits per heavy atom. The summed E-state index contributed by atoms with van der Waals surface area (Å²) in [4.78, 5) is 11.7. The fourth-order valence-corrected chi connectivity index (χ4v) is 2.74. The molecule has 1 fully saturated rings. The van der Waals surface area contributed by atoms with Crippen LogP contribution in [-0.2, 0) is 14.6 Å². The van der Waals surface area contributed by atoms with Gasteiger partial charge in [0.2, 0.25) is 5.91 Å². The standard InChI is InChI=1S/C10H20N2O3S/c1-7(6-16(3,14)15)12-10(13)8(2)9-4-11-5-9/h7-9,11H,4-6H2,1-3H3,(H,12,13). The van der Waals surface area contributed by atoms with Crippen LogP contribution in [0.2, 0.25) is 0 Å². The van der Waals surface area contributed by atoms with E-state index in [0.29, 0.717) is 5.92 Å². The number of sulfone groups is 1. The third-order valence-electron chi connectivity index (χ3n) is 2.88. The second-order valence-electron chi connectivity index (χ2n) is 4.71. The molecule has 1 heterocycles. The van der Waals surface area contributed by atoms with Gasteiger partial charge in [-0.3, -0.25) is 4.79 Å². The van der Waals surface area contributed by atoms with E-state index >= 15 is 0 Å². The van der Waals surface area contributed by atoms with Gasteiger partial charge in [0, 0.05) is 18.2 Å². The molecule has 2 atom stereocenters. The molecule has 1 aliphatic heterocycles. The second kappa shape index (κ2) is 5.14. The topological polar surface area (TPSA) is 75.3 Å². The van der Waals surface area contributed by atoms with Crippen LogP contribution in [0.3, 0.4) is 0 Å². The maximum Gasteiger partial charge on any atom is 0.223 e. The summed E-state index contributed by atoms with van der Waals surface area (Å²) in [6, 6.07) is -0.321. The van der Waals surface area contributed by atoms with Gasteiger partial charge in [-0.25, -0.2) is 8.42 Å². The monoisotopic (exact) mass is 248 g/mol. The molecule has 2 unspecified atom stereocenters. The number of rotatable bonds is 5. The van der Waals surface area contributed by atoms with Crippen LogP contribution >= 0.6 is 0 Å². The summed E-state index contributed by atoms with van der Waals surface area (Å²) in [7, 11) is -3.03. The molecule has 0 bridgehead atoms. The highest BCUT2D eigenvalue weighted by Gasteiger charge is 2.29. The lowest BCUT2D eigenvalue weighted by molar-refractivity contribution is -0.127. The summed E-state index contributed by atoms with van der Waals surface area (Å²) in [5, 5.41) is 5.85. The summed E-state index contributed by atoms with van der Waals surface area (Å²) >= 11 is 0. The molecule has 1 aliphatic rings. The summed E-state index contributed by atoms with van der Waals surface area (Å²) in [6.45, 7) is 5.34. The Morgan fingerprint density at radius 1 is 1.44 bits per heavy atom. The zero-order valence-electron chi connectivity index (χ0n) is 9.99. The van der Waals surface area contributed by atoms with Crippen LogP contribution in [0.15, 0.2) is 0 Å². The predicted molar refractivity (Wildman–Crippen MR) is 62.8 cm³/mol. The van der Waals surface area contributed by atoms with Gasteiger partial charge in [-0.15, -0.1) is 0 Å². The molecule has 0 aromatic carbocycles. The van der Waals surface area contributed by atoms with Crippen molar-refractivity contribution in [2.75, 3.05) is 25.1 Å². The molecule has 0 aromatic heterocycles. The van der Waals surface area contributed by atoms with Crippen molar-refractivity contribution in [1.82, 2.24) is 10.6 Å². The van der Waals surface area contributed by atoms with E-state index in [0.717, 1.165) is 13.1 Å². The van der Waals surface area contributed by atoms with Crippen molar-refractivity contribution in [1.29, 1.82) is 0 Å². The van der Waals surface area contributed by atoms with Crippen LogP contribution in [0.4, 0.5) is 0 Å². The first-order chi connectivity index (χ1) is 7.29. The van der Waals surface area contributed by atoms with Crippen molar-refractivity contribution in [2.45, 2.75) is 19.9 Å². The SMILES string of the molecule is CC(CS(C)(=O)=O)NC(=O)C(C)C1CNC1. The molecular formula is C10H20N2O3S. The van der Waals surface area contributed by atoms with E-state index in [1.165, 1.54) is 6.26 Å². The van der Waals surface area contributed by atoms with Crippen molar-refractivity contribution >= 4 is 15.7 Å². The Hall–Kier alpha value is -0.620.